The maximum Gasteiger partial charge on any atom is 0.130 e. The summed E-state index contributed by atoms with van der Waals surface area (Å²) in [6.07, 6.45) is 0. The molecule has 0 aliphatic heterocycles. The Morgan fingerprint density at radius 1 is 1.28 bits per heavy atom. The summed E-state index contributed by atoms with van der Waals surface area (Å²) in [5.74, 6) is -0.585. The molecule has 0 spiro atoms. The van der Waals surface area contributed by atoms with Crippen LogP contribution in [0.15, 0.2) is 18.2 Å². The predicted molar refractivity (Wildman–Crippen MR) is 68.8 cm³/mol. The van der Waals surface area contributed by atoms with Crippen LogP contribution in [0.2, 0.25) is 0 Å². The molecule has 2 nitrogen and oxygen atoms in total. The number of ether oxygens (including phenoxy) is 1. The van der Waals surface area contributed by atoms with Gasteiger partial charge in [0.05, 0.1) is 13.2 Å². The molecule has 5 heteroatoms. The summed E-state index contributed by atoms with van der Waals surface area (Å²) in [5, 5.41) is 0. The molecule has 0 radical (unpaired) electrons. The van der Waals surface area contributed by atoms with E-state index in [4.69, 9.17) is 16.3 Å². The highest BCUT2D eigenvalue weighted by molar-refractivity contribution is 6.17. The average Bonchev–Trinajstić information content (AvgIpc) is 2.35. The third-order valence-corrected chi connectivity index (χ3v) is 2.78. The van der Waals surface area contributed by atoms with Crippen molar-refractivity contribution in [3.05, 3.63) is 35.4 Å². The number of nitrogens with zero attached hydrogens (tertiary/aromatic N) is 1. The molecule has 0 saturated heterocycles. The Hall–Kier alpha value is -0.710. The lowest BCUT2D eigenvalue weighted by Crippen LogP contribution is -2.27. The maximum absolute atomic E-state index is 13.5. The molecule has 102 valence electrons. The third kappa shape index (κ3) is 5.29. The zero-order chi connectivity index (χ0) is 13.4. The van der Waals surface area contributed by atoms with E-state index in [2.05, 4.69) is 0 Å². The summed E-state index contributed by atoms with van der Waals surface area (Å²) in [6.45, 7) is 4.99. The number of likely N-dealkylation sites (N-methyl/N-ethyl adjacent to an activating group) is 1. The second-order valence-electron chi connectivity index (χ2n) is 3.91. The molecule has 18 heavy (non-hydrogen) atoms. The van der Waals surface area contributed by atoms with Gasteiger partial charge in [-0.2, -0.15) is 0 Å². The van der Waals surface area contributed by atoms with Gasteiger partial charge in [-0.05, 0) is 12.6 Å². The van der Waals surface area contributed by atoms with Crippen molar-refractivity contribution in [1.29, 1.82) is 0 Å². The second-order valence-corrected chi connectivity index (χ2v) is 4.28. The van der Waals surface area contributed by atoms with Gasteiger partial charge < -0.3 is 4.74 Å². The van der Waals surface area contributed by atoms with Gasteiger partial charge in [-0.25, -0.2) is 8.78 Å². The monoisotopic (exact) mass is 277 g/mol. The first-order valence-corrected chi connectivity index (χ1v) is 6.50. The zero-order valence-electron chi connectivity index (χ0n) is 10.5. The molecule has 0 N–H and O–H groups in total. The van der Waals surface area contributed by atoms with Gasteiger partial charge in [-0.15, -0.1) is 11.6 Å². The largest absolute Gasteiger partial charge is 0.379 e. The van der Waals surface area contributed by atoms with E-state index in [1.54, 1.807) is 0 Å². The fourth-order valence-corrected chi connectivity index (χ4v) is 1.70. The normalized spacial score (nSPS) is 11.2. The Kier molecular flexibility index (Phi) is 7.16. The first-order chi connectivity index (χ1) is 8.67. The predicted octanol–water partition coefficient (Wildman–Crippen LogP) is 3.04. The Bertz CT molecular complexity index is 363. The molecule has 0 amide bonds. The number of hydrogen-bond acceptors (Lipinski definition) is 2. The van der Waals surface area contributed by atoms with Crippen LogP contribution >= 0.6 is 11.6 Å². The Morgan fingerprint density at radius 2 is 2.06 bits per heavy atom. The summed E-state index contributed by atoms with van der Waals surface area (Å²) < 4.78 is 31.5. The fourth-order valence-electron chi connectivity index (χ4n) is 1.59. The quantitative estimate of drug-likeness (QED) is 0.535. The lowest BCUT2D eigenvalue weighted by atomic mass is 10.2. The van der Waals surface area contributed by atoms with Gasteiger partial charge in [0.25, 0.3) is 0 Å². The van der Waals surface area contributed by atoms with E-state index in [1.165, 1.54) is 12.1 Å². The molecule has 0 aliphatic carbocycles. The summed E-state index contributed by atoms with van der Waals surface area (Å²) in [6, 6.07) is 3.66. The molecule has 1 rings (SSSR count). The van der Waals surface area contributed by atoms with E-state index in [-0.39, 0.29) is 0 Å². The van der Waals surface area contributed by atoms with Crippen LogP contribution in [-0.4, -0.2) is 37.1 Å². The van der Waals surface area contributed by atoms with Gasteiger partial charge in [0.15, 0.2) is 0 Å². The number of rotatable bonds is 8. The van der Waals surface area contributed by atoms with E-state index < -0.39 is 11.6 Å². The maximum atomic E-state index is 13.5. The molecule has 1 aromatic carbocycles. The third-order valence-electron chi connectivity index (χ3n) is 2.63. The van der Waals surface area contributed by atoms with Crippen LogP contribution in [0.4, 0.5) is 8.78 Å². The molecule has 1 aromatic rings. The van der Waals surface area contributed by atoms with Crippen molar-refractivity contribution in [1.82, 2.24) is 4.90 Å². The van der Waals surface area contributed by atoms with Gasteiger partial charge >= 0.3 is 0 Å². The van der Waals surface area contributed by atoms with Crippen LogP contribution in [0.5, 0.6) is 0 Å². The summed E-state index contributed by atoms with van der Waals surface area (Å²) in [7, 11) is 0. The molecule has 0 heterocycles. The minimum atomic E-state index is -0.551. The van der Waals surface area contributed by atoms with Crippen LogP contribution in [0, 0.1) is 11.6 Å². The van der Waals surface area contributed by atoms with E-state index in [0.29, 0.717) is 37.7 Å². The van der Waals surface area contributed by atoms with Crippen molar-refractivity contribution < 1.29 is 13.5 Å². The van der Waals surface area contributed by atoms with E-state index in [0.717, 1.165) is 12.6 Å². The first-order valence-electron chi connectivity index (χ1n) is 5.97. The SMILES string of the molecule is CCN(CCOCCCl)Cc1ccc(F)cc1F. The summed E-state index contributed by atoms with van der Waals surface area (Å²) in [5.41, 5.74) is 0.496. The van der Waals surface area contributed by atoms with Crippen LogP contribution < -0.4 is 0 Å². The lowest BCUT2D eigenvalue weighted by molar-refractivity contribution is 0.113. The van der Waals surface area contributed by atoms with Gasteiger partial charge in [0, 0.05) is 30.6 Å². The van der Waals surface area contributed by atoms with Crippen LogP contribution in [0.1, 0.15) is 12.5 Å². The van der Waals surface area contributed by atoms with Crippen LogP contribution in [0.3, 0.4) is 0 Å². The highest BCUT2D eigenvalue weighted by Crippen LogP contribution is 2.12. The number of hydrogen-bond donors (Lipinski definition) is 0. The van der Waals surface area contributed by atoms with E-state index >= 15 is 0 Å². The minimum absolute atomic E-state index is 0.451. The molecular formula is C13H18ClF2NO. The summed E-state index contributed by atoms with van der Waals surface area (Å²) in [4.78, 5) is 2.03. The van der Waals surface area contributed by atoms with E-state index in [1.807, 2.05) is 11.8 Å². The van der Waals surface area contributed by atoms with Gasteiger partial charge in [0.2, 0.25) is 0 Å². The van der Waals surface area contributed by atoms with Crippen molar-refractivity contribution in [2.45, 2.75) is 13.5 Å². The molecule has 0 unspecified atom stereocenters. The highest BCUT2D eigenvalue weighted by atomic mass is 35.5. The Balaban J connectivity index is 2.46. The van der Waals surface area contributed by atoms with Crippen molar-refractivity contribution in [2.75, 3.05) is 32.2 Å². The Morgan fingerprint density at radius 3 is 2.67 bits per heavy atom. The van der Waals surface area contributed by atoms with Crippen molar-refractivity contribution in [2.24, 2.45) is 0 Å². The number of halogens is 3. The van der Waals surface area contributed by atoms with Crippen molar-refractivity contribution in [3.63, 3.8) is 0 Å². The smallest absolute Gasteiger partial charge is 0.130 e. The zero-order valence-corrected chi connectivity index (χ0v) is 11.2. The standard InChI is InChI=1S/C13H18ClF2NO/c1-2-17(6-8-18-7-5-14)10-11-3-4-12(15)9-13(11)16/h3-4,9H,2,5-8,10H2,1H3. The topological polar surface area (TPSA) is 12.5 Å². The lowest BCUT2D eigenvalue weighted by Gasteiger charge is -2.20. The molecule has 0 bridgehead atoms. The molecule has 0 saturated carbocycles. The van der Waals surface area contributed by atoms with Crippen molar-refractivity contribution in [3.8, 4) is 0 Å². The van der Waals surface area contributed by atoms with Crippen molar-refractivity contribution >= 4 is 11.6 Å². The summed E-state index contributed by atoms with van der Waals surface area (Å²) >= 11 is 5.49. The van der Waals surface area contributed by atoms with Gasteiger partial charge in [-0.3, -0.25) is 4.90 Å². The molecule has 0 aliphatic rings. The van der Waals surface area contributed by atoms with Gasteiger partial charge in [0.1, 0.15) is 11.6 Å². The number of benzene rings is 1. The number of alkyl halides is 1. The van der Waals surface area contributed by atoms with Gasteiger partial charge in [-0.1, -0.05) is 13.0 Å². The molecule has 0 aromatic heterocycles. The fraction of sp³-hybridized carbons (Fsp3) is 0.538. The molecular weight excluding hydrogens is 260 g/mol. The first kappa shape index (κ1) is 15.3. The highest BCUT2D eigenvalue weighted by Gasteiger charge is 2.08. The van der Waals surface area contributed by atoms with E-state index in [9.17, 15) is 8.78 Å². The van der Waals surface area contributed by atoms with Crippen LogP contribution in [0.25, 0.3) is 0 Å². The average molecular weight is 278 g/mol. The molecule has 0 atom stereocenters. The molecule has 0 fully saturated rings. The van der Waals surface area contributed by atoms with Crippen LogP contribution in [-0.2, 0) is 11.3 Å². The second kappa shape index (κ2) is 8.40. The minimum Gasteiger partial charge on any atom is -0.379 e. The Labute approximate surface area is 111 Å².